The SMILES string of the molecule is CC(=O)N(C)C1CCC(CC2CCC(NC(=O)N3CCCCCC3=O)CC2)CC1. The Morgan fingerprint density at radius 1 is 0.966 bits per heavy atom. The third-order valence-electron chi connectivity index (χ3n) is 7.52. The maximum Gasteiger partial charge on any atom is 0.324 e. The van der Waals surface area contributed by atoms with Crippen LogP contribution in [0.2, 0.25) is 0 Å². The lowest BCUT2D eigenvalue weighted by Crippen LogP contribution is -2.48. The van der Waals surface area contributed by atoms with Gasteiger partial charge in [-0.15, -0.1) is 0 Å². The molecular weight excluding hydrogens is 366 g/mol. The third-order valence-corrected chi connectivity index (χ3v) is 7.52. The summed E-state index contributed by atoms with van der Waals surface area (Å²) in [5, 5.41) is 3.13. The highest BCUT2D eigenvalue weighted by atomic mass is 16.2. The fourth-order valence-electron chi connectivity index (χ4n) is 5.49. The van der Waals surface area contributed by atoms with Crippen LogP contribution in [0.4, 0.5) is 4.79 Å². The summed E-state index contributed by atoms with van der Waals surface area (Å²) >= 11 is 0. The first-order valence-corrected chi connectivity index (χ1v) is 11.8. The molecule has 0 bridgehead atoms. The molecule has 0 aromatic rings. The topological polar surface area (TPSA) is 69.7 Å². The normalized spacial score (nSPS) is 31.1. The van der Waals surface area contributed by atoms with Gasteiger partial charge in [-0.1, -0.05) is 6.42 Å². The molecule has 1 heterocycles. The number of imide groups is 1. The highest BCUT2D eigenvalue weighted by Crippen LogP contribution is 2.36. The lowest BCUT2D eigenvalue weighted by atomic mass is 9.75. The first kappa shape index (κ1) is 22.1. The molecule has 6 heteroatoms. The van der Waals surface area contributed by atoms with Crippen LogP contribution in [-0.2, 0) is 9.59 Å². The number of nitrogens with zero attached hydrogens (tertiary/aromatic N) is 2. The van der Waals surface area contributed by atoms with Gasteiger partial charge in [0.05, 0.1) is 0 Å². The van der Waals surface area contributed by atoms with E-state index in [0.29, 0.717) is 19.0 Å². The van der Waals surface area contributed by atoms with E-state index in [1.807, 2.05) is 11.9 Å². The van der Waals surface area contributed by atoms with Gasteiger partial charge in [0.15, 0.2) is 0 Å². The summed E-state index contributed by atoms with van der Waals surface area (Å²) in [6.07, 6.45) is 13.8. The maximum atomic E-state index is 12.5. The van der Waals surface area contributed by atoms with Crippen LogP contribution in [-0.4, -0.2) is 53.3 Å². The first-order chi connectivity index (χ1) is 13.9. The summed E-state index contributed by atoms with van der Waals surface area (Å²) in [7, 11) is 1.93. The molecule has 0 radical (unpaired) electrons. The lowest BCUT2D eigenvalue weighted by Gasteiger charge is -2.37. The predicted octanol–water partition coefficient (Wildman–Crippen LogP) is 4.08. The van der Waals surface area contributed by atoms with Crippen LogP contribution in [0.15, 0.2) is 0 Å². The average molecular weight is 406 g/mol. The predicted molar refractivity (Wildman–Crippen MR) is 113 cm³/mol. The Morgan fingerprint density at radius 2 is 1.59 bits per heavy atom. The van der Waals surface area contributed by atoms with Crippen molar-refractivity contribution in [2.24, 2.45) is 11.8 Å². The van der Waals surface area contributed by atoms with Crippen molar-refractivity contribution in [3.63, 3.8) is 0 Å². The van der Waals surface area contributed by atoms with Crippen LogP contribution in [0.5, 0.6) is 0 Å². The van der Waals surface area contributed by atoms with Crippen LogP contribution in [0.1, 0.15) is 90.4 Å². The van der Waals surface area contributed by atoms with Crippen molar-refractivity contribution in [3.8, 4) is 0 Å². The molecule has 29 heavy (non-hydrogen) atoms. The molecule has 1 saturated heterocycles. The number of hydrogen-bond acceptors (Lipinski definition) is 3. The van der Waals surface area contributed by atoms with Crippen LogP contribution in [0, 0.1) is 11.8 Å². The fourth-order valence-corrected chi connectivity index (χ4v) is 5.49. The molecule has 0 spiro atoms. The Hall–Kier alpha value is -1.59. The summed E-state index contributed by atoms with van der Waals surface area (Å²) in [4.78, 5) is 39.6. The molecule has 0 aromatic heterocycles. The number of hydrogen-bond donors (Lipinski definition) is 1. The van der Waals surface area contributed by atoms with E-state index in [9.17, 15) is 14.4 Å². The van der Waals surface area contributed by atoms with Crippen LogP contribution >= 0.6 is 0 Å². The molecule has 3 fully saturated rings. The van der Waals surface area contributed by atoms with Crippen LogP contribution in [0.3, 0.4) is 0 Å². The highest BCUT2D eigenvalue weighted by Gasteiger charge is 2.30. The van der Waals surface area contributed by atoms with Crippen LogP contribution in [0.25, 0.3) is 0 Å². The van der Waals surface area contributed by atoms with Gasteiger partial charge < -0.3 is 10.2 Å². The Morgan fingerprint density at radius 3 is 2.21 bits per heavy atom. The number of amides is 4. The molecule has 2 saturated carbocycles. The molecule has 164 valence electrons. The zero-order chi connectivity index (χ0) is 20.8. The Kier molecular flexibility index (Phi) is 7.96. The number of carbonyl (C=O) groups excluding carboxylic acids is 3. The van der Waals surface area contributed by atoms with Gasteiger partial charge in [0.1, 0.15) is 0 Å². The minimum atomic E-state index is -0.173. The van der Waals surface area contributed by atoms with E-state index in [2.05, 4.69) is 5.32 Å². The molecule has 3 rings (SSSR count). The van der Waals surface area contributed by atoms with Gasteiger partial charge in [-0.2, -0.15) is 0 Å². The maximum absolute atomic E-state index is 12.5. The van der Waals surface area contributed by atoms with Crippen molar-refractivity contribution in [1.82, 2.24) is 15.1 Å². The number of nitrogens with one attached hydrogen (secondary N) is 1. The standard InChI is InChI=1S/C23H39N3O3/c1-17(27)25(2)21-13-9-19(10-14-21)16-18-7-11-20(12-8-18)24-23(29)26-15-5-3-4-6-22(26)28/h18-21H,3-16H2,1-2H3,(H,24,29). The fraction of sp³-hybridized carbons (Fsp3) is 0.870. The van der Waals surface area contributed by atoms with Gasteiger partial charge in [0.25, 0.3) is 0 Å². The van der Waals surface area contributed by atoms with Gasteiger partial charge in [0.2, 0.25) is 11.8 Å². The Bertz CT molecular complexity index is 578. The third kappa shape index (κ3) is 6.19. The van der Waals surface area contributed by atoms with Gasteiger partial charge >= 0.3 is 6.03 Å². The largest absolute Gasteiger partial charge is 0.343 e. The van der Waals surface area contributed by atoms with Gasteiger partial charge in [0, 0.05) is 39.0 Å². The first-order valence-electron chi connectivity index (χ1n) is 11.8. The van der Waals surface area contributed by atoms with Crippen LogP contribution < -0.4 is 5.32 Å². The summed E-state index contributed by atoms with van der Waals surface area (Å²) < 4.78 is 0. The van der Waals surface area contributed by atoms with Crippen molar-refractivity contribution in [1.29, 1.82) is 0 Å². The Labute approximate surface area is 175 Å². The lowest BCUT2D eigenvalue weighted by molar-refractivity contribution is -0.130. The number of urea groups is 1. The molecule has 4 amide bonds. The molecule has 0 atom stereocenters. The zero-order valence-electron chi connectivity index (χ0n) is 18.3. The summed E-state index contributed by atoms with van der Waals surface area (Å²) in [6, 6.07) is 0.472. The number of carbonyl (C=O) groups is 3. The molecule has 1 aliphatic heterocycles. The average Bonchev–Trinajstić information content (AvgIpc) is 2.94. The van der Waals surface area contributed by atoms with Crippen molar-refractivity contribution >= 4 is 17.8 Å². The summed E-state index contributed by atoms with van der Waals surface area (Å²) in [5.74, 6) is 1.71. The molecule has 1 N–H and O–H groups in total. The van der Waals surface area contributed by atoms with Crippen molar-refractivity contribution in [3.05, 3.63) is 0 Å². The van der Waals surface area contributed by atoms with E-state index in [1.54, 1.807) is 6.92 Å². The Balaban J connectivity index is 1.36. The van der Waals surface area contributed by atoms with Gasteiger partial charge in [-0.05, 0) is 82.5 Å². The van der Waals surface area contributed by atoms with E-state index < -0.39 is 0 Å². The van der Waals surface area contributed by atoms with Crippen molar-refractivity contribution in [2.75, 3.05) is 13.6 Å². The minimum Gasteiger partial charge on any atom is -0.343 e. The van der Waals surface area contributed by atoms with E-state index >= 15 is 0 Å². The monoisotopic (exact) mass is 405 g/mol. The second-order valence-corrected chi connectivity index (χ2v) is 9.56. The molecule has 6 nitrogen and oxygen atoms in total. The number of rotatable bonds is 4. The molecular formula is C23H39N3O3. The zero-order valence-corrected chi connectivity index (χ0v) is 18.3. The molecule has 0 aromatic carbocycles. The van der Waals surface area contributed by atoms with Gasteiger partial charge in [-0.3, -0.25) is 14.5 Å². The second kappa shape index (κ2) is 10.4. The van der Waals surface area contributed by atoms with Crippen molar-refractivity contribution < 1.29 is 14.4 Å². The second-order valence-electron chi connectivity index (χ2n) is 9.56. The van der Waals surface area contributed by atoms with Crippen molar-refractivity contribution in [2.45, 2.75) is 102 Å². The molecule has 2 aliphatic carbocycles. The summed E-state index contributed by atoms with van der Waals surface area (Å²) in [5.41, 5.74) is 0. The molecule has 0 unspecified atom stereocenters. The van der Waals surface area contributed by atoms with Gasteiger partial charge in [-0.25, -0.2) is 4.79 Å². The molecule has 3 aliphatic rings. The number of likely N-dealkylation sites (tertiary alicyclic amines) is 1. The van der Waals surface area contributed by atoms with E-state index in [4.69, 9.17) is 0 Å². The van der Waals surface area contributed by atoms with E-state index in [0.717, 1.165) is 56.8 Å². The summed E-state index contributed by atoms with van der Waals surface area (Å²) in [6.45, 7) is 2.23. The smallest absolute Gasteiger partial charge is 0.324 e. The highest BCUT2D eigenvalue weighted by molar-refractivity contribution is 5.94. The van der Waals surface area contributed by atoms with E-state index in [1.165, 1.54) is 37.0 Å². The quantitative estimate of drug-likeness (QED) is 0.766. The van der Waals surface area contributed by atoms with E-state index in [-0.39, 0.29) is 23.9 Å². The minimum absolute atomic E-state index is 0.0142.